The lowest BCUT2D eigenvalue weighted by Gasteiger charge is -2.16. The third kappa shape index (κ3) is 3.23. The molecule has 29 heavy (non-hydrogen) atoms. The molecule has 2 aromatic carbocycles. The number of hydrogen-bond acceptors (Lipinski definition) is 5. The molecule has 0 aliphatic heterocycles. The number of nitrogens with one attached hydrogen (secondary N) is 1. The van der Waals surface area contributed by atoms with E-state index in [1.165, 1.54) is 0 Å². The zero-order valence-electron chi connectivity index (χ0n) is 15.8. The summed E-state index contributed by atoms with van der Waals surface area (Å²) in [5.41, 5.74) is 3.92. The molecule has 3 aromatic heterocycles. The normalized spacial score (nSPS) is 12.2. The van der Waals surface area contributed by atoms with E-state index < -0.39 is 0 Å². The second kappa shape index (κ2) is 7.20. The first-order valence-electron chi connectivity index (χ1n) is 9.40. The van der Waals surface area contributed by atoms with Crippen molar-refractivity contribution in [3.63, 3.8) is 0 Å². The van der Waals surface area contributed by atoms with Gasteiger partial charge >= 0.3 is 0 Å². The van der Waals surface area contributed by atoms with Crippen LogP contribution in [-0.4, -0.2) is 29.5 Å². The van der Waals surface area contributed by atoms with E-state index in [-0.39, 0.29) is 6.04 Å². The predicted molar refractivity (Wildman–Crippen MR) is 112 cm³/mol. The number of aromatic nitrogens is 6. The van der Waals surface area contributed by atoms with Crippen LogP contribution in [0.2, 0.25) is 0 Å². The Hall–Kier alpha value is -4.00. The molecule has 0 aliphatic rings. The molecule has 0 spiro atoms. The van der Waals surface area contributed by atoms with Crippen molar-refractivity contribution >= 4 is 16.9 Å². The molecule has 0 amide bonds. The van der Waals surface area contributed by atoms with Crippen LogP contribution in [0, 0.1) is 0 Å². The van der Waals surface area contributed by atoms with E-state index in [9.17, 15) is 0 Å². The molecule has 0 saturated heterocycles. The fraction of sp³-hybridized carbons (Fsp3) is 0.0909. The van der Waals surface area contributed by atoms with Gasteiger partial charge in [-0.2, -0.15) is 10.2 Å². The van der Waals surface area contributed by atoms with Gasteiger partial charge in [-0.25, -0.2) is 19.3 Å². The van der Waals surface area contributed by atoms with Crippen LogP contribution in [0.25, 0.3) is 22.4 Å². The van der Waals surface area contributed by atoms with Crippen LogP contribution in [0.5, 0.6) is 0 Å². The van der Waals surface area contributed by atoms with Crippen LogP contribution in [0.4, 0.5) is 5.82 Å². The van der Waals surface area contributed by atoms with Gasteiger partial charge in [0.1, 0.15) is 12.1 Å². The third-order valence-corrected chi connectivity index (χ3v) is 4.88. The van der Waals surface area contributed by atoms with Gasteiger partial charge in [-0.1, -0.05) is 30.3 Å². The highest BCUT2D eigenvalue weighted by Gasteiger charge is 2.13. The highest BCUT2D eigenvalue weighted by molar-refractivity contribution is 5.87. The summed E-state index contributed by atoms with van der Waals surface area (Å²) in [6.45, 7) is 2.11. The molecular weight excluding hydrogens is 362 g/mol. The Morgan fingerprint density at radius 1 is 0.862 bits per heavy atom. The molecule has 0 fully saturated rings. The van der Waals surface area contributed by atoms with Gasteiger partial charge in [0.25, 0.3) is 0 Å². The number of fused-ring (bicyclic) bond motifs is 1. The van der Waals surface area contributed by atoms with Crippen molar-refractivity contribution < 1.29 is 0 Å². The molecule has 0 radical (unpaired) electrons. The van der Waals surface area contributed by atoms with Crippen molar-refractivity contribution in [2.45, 2.75) is 13.0 Å². The molecule has 7 nitrogen and oxygen atoms in total. The first kappa shape index (κ1) is 17.1. The molecule has 1 N–H and O–H groups in total. The number of nitrogens with zero attached hydrogens (tertiary/aromatic N) is 6. The number of rotatable bonds is 5. The van der Waals surface area contributed by atoms with E-state index in [1.54, 1.807) is 18.7 Å². The van der Waals surface area contributed by atoms with E-state index in [0.29, 0.717) is 0 Å². The van der Waals surface area contributed by atoms with Crippen molar-refractivity contribution in [3.8, 4) is 11.4 Å². The average molecular weight is 381 g/mol. The fourth-order valence-corrected chi connectivity index (χ4v) is 3.34. The van der Waals surface area contributed by atoms with Crippen molar-refractivity contribution in [1.29, 1.82) is 0 Å². The van der Waals surface area contributed by atoms with Crippen LogP contribution in [0.3, 0.4) is 0 Å². The maximum atomic E-state index is 4.51. The summed E-state index contributed by atoms with van der Waals surface area (Å²) in [6, 6.07) is 20.3. The summed E-state index contributed by atoms with van der Waals surface area (Å²) >= 11 is 0. The Balaban J connectivity index is 1.42. The minimum absolute atomic E-state index is 0.0693. The minimum atomic E-state index is 0.0693. The predicted octanol–water partition coefficient (Wildman–Crippen LogP) is 4.17. The molecule has 142 valence electrons. The van der Waals surface area contributed by atoms with Crippen LogP contribution >= 0.6 is 0 Å². The molecule has 5 rings (SSSR count). The van der Waals surface area contributed by atoms with Gasteiger partial charge in [-0.3, -0.25) is 0 Å². The SMILES string of the molecule is CC(Nc1ncnc2c1cnn2-c1ccccc1)c1ccc(-n2cccn2)cc1. The van der Waals surface area contributed by atoms with Gasteiger partial charge in [0.05, 0.1) is 23.0 Å². The standard InChI is InChI=1S/C22H19N7/c1-16(17-8-10-18(11-9-17)28-13-5-12-25-28)27-21-20-14-26-29(22(20)24-15-23-21)19-6-3-2-4-7-19/h2-16H,1H3,(H,23,24,27). The number of benzene rings is 2. The molecule has 0 saturated carbocycles. The molecule has 1 unspecified atom stereocenters. The largest absolute Gasteiger partial charge is 0.363 e. The first-order valence-corrected chi connectivity index (χ1v) is 9.40. The Morgan fingerprint density at radius 3 is 2.45 bits per heavy atom. The number of anilines is 1. The molecule has 0 aliphatic carbocycles. The maximum absolute atomic E-state index is 4.51. The summed E-state index contributed by atoms with van der Waals surface area (Å²) in [7, 11) is 0. The molecule has 1 atom stereocenters. The second-order valence-corrected chi connectivity index (χ2v) is 6.76. The van der Waals surface area contributed by atoms with Crippen LogP contribution < -0.4 is 5.32 Å². The zero-order chi connectivity index (χ0) is 19.6. The second-order valence-electron chi connectivity index (χ2n) is 6.76. The lowest BCUT2D eigenvalue weighted by molar-refractivity contribution is 0.859. The smallest absolute Gasteiger partial charge is 0.168 e. The Bertz CT molecular complexity index is 1230. The molecular formula is C22H19N7. The molecule has 3 heterocycles. The lowest BCUT2D eigenvalue weighted by Crippen LogP contribution is -2.09. The van der Waals surface area contributed by atoms with Crippen molar-refractivity contribution in [1.82, 2.24) is 29.5 Å². The summed E-state index contributed by atoms with van der Waals surface area (Å²) in [4.78, 5) is 8.89. The zero-order valence-corrected chi connectivity index (χ0v) is 15.8. The van der Waals surface area contributed by atoms with Gasteiger partial charge in [0, 0.05) is 18.4 Å². The van der Waals surface area contributed by atoms with E-state index in [1.807, 2.05) is 52.0 Å². The van der Waals surface area contributed by atoms with Gasteiger partial charge in [-0.05, 0) is 42.8 Å². The molecule has 5 aromatic rings. The molecule has 0 bridgehead atoms. The van der Waals surface area contributed by atoms with Crippen LogP contribution in [0.1, 0.15) is 18.5 Å². The van der Waals surface area contributed by atoms with Gasteiger partial charge in [0.2, 0.25) is 0 Å². The van der Waals surface area contributed by atoms with Gasteiger partial charge in [-0.15, -0.1) is 0 Å². The summed E-state index contributed by atoms with van der Waals surface area (Å²) in [5, 5.41) is 13.2. The summed E-state index contributed by atoms with van der Waals surface area (Å²) < 4.78 is 3.67. The third-order valence-electron chi connectivity index (χ3n) is 4.88. The fourth-order valence-electron chi connectivity index (χ4n) is 3.34. The van der Waals surface area contributed by atoms with E-state index >= 15 is 0 Å². The first-order chi connectivity index (χ1) is 14.3. The highest BCUT2D eigenvalue weighted by Crippen LogP contribution is 2.25. The van der Waals surface area contributed by atoms with Crippen molar-refractivity contribution in [2.24, 2.45) is 0 Å². The van der Waals surface area contributed by atoms with E-state index in [4.69, 9.17) is 0 Å². The lowest BCUT2D eigenvalue weighted by atomic mass is 10.1. The maximum Gasteiger partial charge on any atom is 0.168 e. The Morgan fingerprint density at radius 2 is 1.69 bits per heavy atom. The van der Waals surface area contributed by atoms with E-state index in [2.05, 4.69) is 56.7 Å². The van der Waals surface area contributed by atoms with Gasteiger partial charge in [0.15, 0.2) is 5.65 Å². The topological polar surface area (TPSA) is 73.5 Å². The summed E-state index contributed by atoms with van der Waals surface area (Å²) in [5.74, 6) is 0.765. The van der Waals surface area contributed by atoms with Crippen molar-refractivity contribution in [3.05, 3.63) is 91.1 Å². The van der Waals surface area contributed by atoms with Crippen molar-refractivity contribution in [2.75, 3.05) is 5.32 Å². The quantitative estimate of drug-likeness (QED) is 0.494. The Kier molecular flexibility index (Phi) is 4.25. The highest BCUT2D eigenvalue weighted by atomic mass is 15.3. The molecule has 7 heteroatoms. The number of para-hydroxylation sites is 1. The Labute approximate surface area is 167 Å². The summed E-state index contributed by atoms with van der Waals surface area (Å²) in [6.07, 6.45) is 7.07. The van der Waals surface area contributed by atoms with Crippen LogP contribution in [-0.2, 0) is 0 Å². The van der Waals surface area contributed by atoms with Gasteiger partial charge < -0.3 is 5.32 Å². The van der Waals surface area contributed by atoms with Crippen LogP contribution in [0.15, 0.2) is 85.6 Å². The van der Waals surface area contributed by atoms with E-state index in [0.717, 1.165) is 33.8 Å². The number of hydrogen-bond donors (Lipinski definition) is 1. The monoisotopic (exact) mass is 381 g/mol. The average Bonchev–Trinajstić information content (AvgIpc) is 3.45. The minimum Gasteiger partial charge on any atom is -0.363 e.